The van der Waals surface area contributed by atoms with E-state index in [1.807, 2.05) is 12.1 Å². The zero-order valence-electron chi connectivity index (χ0n) is 12.4. The topological polar surface area (TPSA) is 99.4 Å². The summed E-state index contributed by atoms with van der Waals surface area (Å²) in [5.74, 6) is 0.119. The average molecular weight is 320 g/mol. The summed E-state index contributed by atoms with van der Waals surface area (Å²) in [6, 6.07) is 14.1. The predicted octanol–water partition coefficient (Wildman–Crippen LogP) is 2.99. The van der Waals surface area contributed by atoms with Crippen LogP contribution in [0.4, 0.5) is 10.5 Å². The molecule has 0 saturated heterocycles. The molecule has 0 radical (unpaired) electrons. The highest BCUT2D eigenvalue weighted by Gasteiger charge is 2.65. The van der Waals surface area contributed by atoms with Gasteiger partial charge in [-0.2, -0.15) is 5.26 Å². The molecule has 1 aliphatic carbocycles. The lowest BCUT2D eigenvalue weighted by Crippen LogP contribution is -2.21. The molecular weight excluding hydrogens is 308 g/mol. The SMILES string of the molecule is N#Cc1ccc([C@H]2C[C@@]23C(=O)Nc2ccc(OC(=O)O)cc23)cc1. The van der Waals surface area contributed by atoms with Gasteiger partial charge in [-0.1, -0.05) is 12.1 Å². The highest BCUT2D eigenvalue weighted by Crippen LogP contribution is 2.65. The van der Waals surface area contributed by atoms with Crippen LogP contribution < -0.4 is 10.1 Å². The maximum Gasteiger partial charge on any atom is 0.511 e. The lowest BCUT2D eigenvalue weighted by Gasteiger charge is -2.10. The Morgan fingerprint density at radius 2 is 2.04 bits per heavy atom. The summed E-state index contributed by atoms with van der Waals surface area (Å²) in [6.45, 7) is 0. The van der Waals surface area contributed by atoms with Gasteiger partial charge in [0.05, 0.1) is 17.0 Å². The number of carbonyl (C=O) groups excluding carboxylic acids is 1. The lowest BCUT2D eigenvalue weighted by atomic mass is 9.91. The molecule has 1 amide bonds. The van der Waals surface area contributed by atoms with Crippen molar-refractivity contribution in [3.8, 4) is 11.8 Å². The molecule has 4 rings (SSSR count). The summed E-state index contributed by atoms with van der Waals surface area (Å²) in [5, 5.41) is 20.5. The van der Waals surface area contributed by atoms with Crippen molar-refractivity contribution < 1.29 is 19.4 Å². The van der Waals surface area contributed by atoms with Gasteiger partial charge in [0.1, 0.15) is 5.75 Å². The van der Waals surface area contributed by atoms with Gasteiger partial charge in [0.15, 0.2) is 0 Å². The molecule has 0 bridgehead atoms. The van der Waals surface area contributed by atoms with E-state index in [0.717, 1.165) is 11.1 Å². The van der Waals surface area contributed by atoms with Crippen molar-refractivity contribution >= 4 is 17.7 Å². The molecule has 2 N–H and O–H groups in total. The Kier molecular flexibility index (Phi) is 2.87. The minimum absolute atomic E-state index is 0.00608. The Hall–Kier alpha value is -3.33. The first-order valence-electron chi connectivity index (χ1n) is 7.41. The maximum atomic E-state index is 12.5. The van der Waals surface area contributed by atoms with Gasteiger partial charge < -0.3 is 15.2 Å². The second kappa shape index (κ2) is 4.83. The molecule has 118 valence electrons. The van der Waals surface area contributed by atoms with Crippen LogP contribution >= 0.6 is 0 Å². The fraction of sp³-hybridized carbons (Fsp3) is 0.167. The third-order valence-electron chi connectivity index (χ3n) is 4.73. The highest BCUT2D eigenvalue weighted by atomic mass is 16.7. The average Bonchev–Trinajstić information content (AvgIpc) is 3.26. The van der Waals surface area contributed by atoms with E-state index in [-0.39, 0.29) is 17.6 Å². The van der Waals surface area contributed by atoms with Crippen LogP contribution in [0.25, 0.3) is 0 Å². The number of benzene rings is 2. The van der Waals surface area contributed by atoms with E-state index in [1.54, 1.807) is 24.3 Å². The number of anilines is 1. The molecule has 6 nitrogen and oxygen atoms in total. The third-order valence-corrected chi connectivity index (χ3v) is 4.73. The van der Waals surface area contributed by atoms with Gasteiger partial charge in [-0.15, -0.1) is 0 Å². The van der Waals surface area contributed by atoms with Gasteiger partial charge in [0.2, 0.25) is 5.91 Å². The van der Waals surface area contributed by atoms with Gasteiger partial charge >= 0.3 is 6.16 Å². The van der Waals surface area contributed by atoms with Crippen LogP contribution in [-0.2, 0) is 10.2 Å². The first-order valence-corrected chi connectivity index (χ1v) is 7.41. The Balaban J connectivity index is 1.71. The molecule has 1 aliphatic heterocycles. The number of rotatable bonds is 2. The van der Waals surface area contributed by atoms with Gasteiger partial charge in [0.25, 0.3) is 0 Å². The monoisotopic (exact) mass is 320 g/mol. The molecule has 2 aliphatic rings. The van der Waals surface area contributed by atoms with Crippen molar-refractivity contribution in [2.45, 2.75) is 17.8 Å². The summed E-state index contributed by atoms with van der Waals surface area (Å²) < 4.78 is 4.71. The van der Waals surface area contributed by atoms with Crippen molar-refractivity contribution in [1.82, 2.24) is 0 Å². The number of hydrogen-bond acceptors (Lipinski definition) is 4. The Morgan fingerprint density at radius 1 is 1.29 bits per heavy atom. The van der Waals surface area contributed by atoms with E-state index in [9.17, 15) is 9.59 Å². The number of fused-ring (bicyclic) bond motifs is 2. The fourth-order valence-corrected chi connectivity index (χ4v) is 3.53. The molecule has 1 fully saturated rings. The maximum absolute atomic E-state index is 12.5. The smallest absolute Gasteiger partial charge is 0.449 e. The van der Waals surface area contributed by atoms with Crippen molar-refractivity contribution in [1.29, 1.82) is 5.26 Å². The Bertz CT molecular complexity index is 914. The molecule has 1 spiro atoms. The summed E-state index contributed by atoms with van der Waals surface area (Å²) >= 11 is 0. The van der Waals surface area contributed by atoms with Crippen LogP contribution in [0.2, 0.25) is 0 Å². The highest BCUT2D eigenvalue weighted by molar-refractivity contribution is 6.10. The minimum Gasteiger partial charge on any atom is -0.449 e. The zero-order chi connectivity index (χ0) is 16.9. The lowest BCUT2D eigenvalue weighted by molar-refractivity contribution is -0.118. The second-order valence-electron chi connectivity index (χ2n) is 5.99. The summed E-state index contributed by atoms with van der Waals surface area (Å²) in [5.41, 5.74) is 2.33. The van der Waals surface area contributed by atoms with E-state index >= 15 is 0 Å². The molecule has 0 unspecified atom stereocenters. The third kappa shape index (κ3) is 1.95. The van der Waals surface area contributed by atoms with Gasteiger partial charge in [0, 0.05) is 11.6 Å². The number of carbonyl (C=O) groups is 2. The summed E-state index contributed by atoms with van der Waals surface area (Å²) in [4.78, 5) is 23.3. The largest absolute Gasteiger partial charge is 0.511 e. The molecule has 24 heavy (non-hydrogen) atoms. The molecule has 1 heterocycles. The summed E-state index contributed by atoms with van der Waals surface area (Å²) in [6.07, 6.45) is -0.741. The number of hydrogen-bond donors (Lipinski definition) is 2. The fourth-order valence-electron chi connectivity index (χ4n) is 3.53. The number of ether oxygens (including phenoxy) is 1. The molecule has 0 aromatic heterocycles. The van der Waals surface area contributed by atoms with E-state index in [4.69, 9.17) is 15.1 Å². The number of nitriles is 1. The van der Waals surface area contributed by atoms with Gasteiger partial charge in [-0.25, -0.2) is 4.79 Å². The number of nitrogens with one attached hydrogen (secondary N) is 1. The van der Waals surface area contributed by atoms with E-state index in [0.29, 0.717) is 17.7 Å². The van der Waals surface area contributed by atoms with Crippen molar-refractivity contribution in [3.05, 3.63) is 59.2 Å². The van der Waals surface area contributed by atoms with Crippen LogP contribution in [0.1, 0.15) is 29.0 Å². The first-order chi connectivity index (χ1) is 11.5. The van der Waals surface area contributed by atoms with Crippen LogP contribution in [0.15, 0.2) is 42.5 Å². The molecule has 2 atom stereocenters. The number of carboxylic acid groups (broad SMARTS) is 1. The van der Waals surface area contributed by atoms with Crippen molar-refractivity contribution in [2.24, 2.45) is 0 Å². The van der Waals surface area contributed by atoms with Gasteiger partial charge in [-0.05, 0) is 47.9 Å². The van der Waals surface area contributed by atoms with E-state index < -0.39 is 11.6 Å². The molecule has 2 aromatic rings. The first kappa shape index (κ1) is 14.3. The minimum atomic E-state index is -1.39. The molecule has 1 saturated carbocycles. The normalized spacial score (nSPS) is 23.3. The van der Waals surface area contributed by atoms with Crippen LogP contribution in [0, 0.1) is 11.3 Å². The molecular formula is C18H12N2O4. The van der Waals surface area contributed by atoms with Crippen LogP contribution in [0.3, 0.4) is 0 Å². The Labute approximate surface area is 137 Å². The van der Waals surface area contributed by atoms with E-state index in [2.05, 4.69) is 11.4 Å². The van der Waals surface area contributed by atoms with E-state index in [1.165, 1.54) is 6.07 Å². The van der Waals surface area contributed by atoms with Crippen molar-refractivity contribution in [2.75, 3.05) is 5.32 Å². The van der Waals surface area contributed by atoms with Crippen LogP contribution in [0.5, 0.6) is 5.75 Å². The second-order valence-corrected chi connectivity index (χ2v) is 5.99. The zero-order valence-corrected chi connectivity index (χ0v) is 12.4. The number of amides is 1. The molecule has 6 heteroatoms. The Morgan fingerprint density at radius 3 is 2.71 bits per heavy atom. The number of nitrogens with zero attached hydrogens (tertiary/aromatic N) is 1. The van der Waals surface area contributed by atoms with Crippen LogP contribution in [-0.4, -0.2) is 17.2 Å². The van der Waals surface area contributed by atoms with Crippen molar-refractivity contribution in [3.63, 3.8) is 0 Å². The predicted molar refractivity (Wildman–Crippen MR) is 83.9 cm³/mol. The standard InChI is InChI=1S/C18H12N2O4/c19-9-10-1-3-11(4-2-10)14-8-18(14)13-7-12(24-17(22)23)5-6-15(13)20-16(18)21/h1-7,14H,8H2,(H,20,21)(H,22,23)/t14-,18+/m1/s1. The quantitative estimate of drug-likeness (QED) is 0.654. The summed E-state index contributed by atoms with van der Waals surface area (Å²) in [7, 11) is 0. The van der Waals surface area contributed by atoms with Gasteiger partial charge in [-0.3, -0.25) is 4.79 Å². The molecule has 2 aromatic carbocycles.